The number of aromatic nitrogens is 3. The number of aromatic amines is 1. The van der Waals surface area contributed by atoms with Crippen LogP contribution in [0.4, 0.5) is 4.39 Å². The van der Waals surface area contributed by atoms with E-state index in [2.05, 4.69) is 15.2 Å². The monoisotopic (exact) mass is 430 g/mol. The number of nitrogens with zero attached hydrogens (tertiary/aromatic N) is 3. The number of pyridine rings is 1. The smallest absolute Gasteiger partial charge is 0.256 e. The topological polar surface area (TPSA) is 71.1 Å². The SMILES string of the molecule is O=C(c1cccc2cccnc12)N1CC[C@H](c2cc(CCOc3ccccc3F)[nH]n2)C1. The fraction of sp³-hybridized carbons (Fsp3) is 0.240. The van der Waals surface area contributed by atoms with Gasteiger partial charge in [-0.15, -0.1) is 0 Å². The lowest BCUT2D eigenvalue weighted by Gasteiger charge is -2.17. The first-order valence-electron chi connectivity index (χ1n) is 10.7. The van der Waals surface area contributed by atoms with Crippen molar-refractivity contribution in [3.63, 3.8) is 0 Å². The van der Waals surface area contributed by atoms with Crippen molar-refractivity contribution in [1.29, 1.82) is 0 Å². The molecule has 4 aromatic rings. The maximum atomic E-state index is 13.7. The number of nitrogens with one attached hydrogen (secondary N) is 1. The molecule has 2 aromatic heterocycles. The molecule has 1 N–H and O–H groups in total. The molecule has 0 bridgehead atoms. The molecule has 6 nitrogen and oxygen atoms in total. The van der Waals surface area contributed by atoms with Crippen molar-refractivity contribution in [2.75, 3.05) is 19.7 Å². The molecule has 162 valence electrons. The Morgan fingerprint density at radius 2 is 2.03 bits per heavy atom. The second-order valence-electron chi connectivity index (χ2n) is 7.96. The number of halogens is 1. The van der Waals surface area contributed by atoms with Gasteiger partial charge < -0.3 is 9.64 Å². The van der Waals surface area contributed by atoms with Gasteiger partial charge in [0.25, 0.3) is 5.91 Å². The zero-order valence-corrected chi connectivity index (χ0v) is 17.5. The highest BCUT2D eigenvalue weighted by Crippen LogP contribution is 2.28. The van der Waals surface area contributed by atoms with Crippen LogP contribution in [-0.2, 0) is 6.42 Å². The first-order chi connectivity index (χ1) is 15.7. The van der Waals surface area contributed by atoms with Crippen LogP contribution in [0, 0.1) is 5.82 Å². The van der Waals surface area contributed by atoms with Crippen LogP contribution in [0.5, 0.6) is 5.75 Å². The molecule has 0 aliphatic carbocycles. The predicted octanol–water partition coefficient (Wildman–Crippen LogP) is 4.35. The second-order valence-corrected chi connectivity index (χ2v) is 7.96. The molecular weight excluding hydrogens is 407 g/mol. The number of carbonyl (C=O) groups excluding carboxylic acids is 1. The summed E-state index contributed by atoms with van der Waals surface area (Å²) in [7, 11) is 0. The number of hydrogen-bond acceptors (Lipinski definition) is 4. The van der Waals surface area contributed by atoms with Crippen LogP contribution in [0.25, 0.3) is 10.9 Å². The van der Waals surface area contributed by atoms with Gasteiger partial charge in [0.2, 0.25) is 0 Å². The van der Waals surface area contributed by atoms with Gasteiger partial charge in [-0.1, -0.05) is 30.3 Å². The van der Waals surface area contributed by atoms with E-state index in [1.807, 2.05) is 41.3 Å². The molecule has 3 heterocycles. The molecule has 1 fully saturated rings. The molecule has 1 aliphatic rings. The first kappa shape index (κ1) is 20.2. The second kappa shape index (κ2) is 8.78. The number of rotatable bonds is 6. The number of ether oxygens (including phenoxy) is 1. The largest absolute Gasteiger partial charge is 0.490 e. The number of likely N-dealkylation sites (tertiary alicyclic amines) is 1. The van der Waals surface area contributed by atoms with E-state index in [0.717, 1.165) is 28.7 Å². The zero-order valence-electron chi connectivity index (χ0n) is 17.5. The van der Waals surface area contributed by atoms with Crippen LogP contribution in [0.15, 0.2) is 66.9 Å². The Hall–Kier alpha value is -3.74. The Bertz CT molecular complexity index is 1250. The number of fused-ring (bicyclic) bond motifs is 1. The van der Waals surface area contributed by atoms with Gasteiger partial charge in [-0.3, -0.25) is 14.9 Å². The predicted molar refractivity (Wildman–Crippen MR) is 119 cm³/mol. The van der Waals surface area contributed by atoms with Gasteiger partial charge in [-0.05, 0) is 36.8 Å². The van der Waals surface area contributed by atoms with Crippen molar-refractivity contribution in [1.82, 2.24) is 20.1 Å². The lowest BCUT2D eigenvalue weighted by Crippen LogP contribution is -2.28. The van der Waals surface area contributed by atoms with Gasteiger partial charge in [-0.2, -0.15) is 5.10 Å². The van der Waals surface area contributed by atoms with Crippen molar-refractivity contribution >= 4 is 16.8 Å². The molecule has 2 aromatic carbocycles. The van der Waals surface area contributed by atoms with E-state index in [4.69, 9.17) is 4.74 Å². The van der Waals surface area contributed by atoms with E-state index in [9.17, 15) is 9.18 Å². The molecule has 1 amide bonds. The van der Waals surface area contributed by atoms with Gasteiger partial charge in [0.05, 0.1) is 23.4 Å². The van der Waals surface area contributed by atoms with Crippen molar-refractivity contribution in [3.8, 4) is 5.75 Å². The number of carbonyl (C=O) groups is 1. The van der Waals surface area contributed by atoms with E-state index < -0.39 is 0 Å². The molecule has 0 spiro atoms. The third kappa shape index (κ3) is 4.06. The maximum Gasteiger partial charge on any atom is 0.256 e. The molecule has 5 rings (SSSR count). The molecule has 1 aliphatic heterocycles. The summed E-state index contributed by atoms with van der Waals surface area (Å²) in [5.41, 5.74) is 3.24. The maximum absolute atomic E-state index is 13.7. The number of benzene rings is 2. The van der Waals surface area contributed by atoms with Crippen molar-refractivity contribution in [3.05, 3.63) is 89.6 Å². The zero-order chi connectivity index (χ0) is 21.9. The summed E-state index contributed by atoms with van der Waals surface area (Å²) in [6.45, 7) is 1.66. The van der Waals surface area contributed by atoms with Gasteiger partial charge >= 0.3 is 0 Å². The van der Waals surface area contributed by atoms with Crippen molar-refractivity contribution in [2.45, 2.75) is 18.8 Å². The van der Waals surface area contributed by atoms with Gasteiger partial charge in [0, 0.05) is 42.7 Å². The highest BCUT2D eigenvalue weighted by Gasteiger charge is 2.30. The molecule has 7 heteroatoms. The standard InChI is InChI=1S/C25H23FN4O2/c26-21-8-1-2-9-23(21)32-14-11-19-15-22(29-28-19)18-10-13-30(16-18)25(31)20-7-3-5-17-6-4-12-27-24(17)20/h1-9,12,15,18H,10-11,13-14,16H2,(H,28,29)/t18-/m0/s1. The molecular formula is C25H23FN4O2. The summed E-state index contributed by atoms with van der Waals surface area (Å²) in [4.78, 5) is 19.4. The summed E-state index contributed by atoms with van der Waals surface area (Å²) >= 11 is 0. The Balaban J connectivity index is 1.21. The third-order valence-electron chi connectivity index (χ3n) is 5.87. The van der Waals surface area contributed by atoms with Crippen molar-refractivity contribution in [2.24, 2.45) is 0 Å². The molecule has 1 atom stereocenters. The van der Waals surface area contributed by atoms with Crippen LogP contribution < -0.4 is 4.74 Å². The quantitative estimate of drug-likeness (QED) is 0.494. The molecule has 0 unspecified atom stereocenters. The van der Waals surface area contributed by atoms with E-state index in [0.29, 0.717) is 31.7 Å². The average Bonchev–Trinajstić information content (AvgIpc) is 3.49. The number of para-hydroxylation sites is 2. The summed E-state index contributed by atoms with van der Waals surface area (Å²) in [6.07, 6.45) is 3.17. The van der Waals surface area contributed by atoms with Crippen LogP contribution >= 0.6 is 0 Å². The normalized spacial score (nSPS) is 15.9. The average molecular weight is 430 g/mol. The minimum Gasteiger partial charge on any atom is -0.490 e. The summed E-state index contributed by atoms with van der Waals surface area (Å²) < 4.78 is 19.2. The summed E-state index contributed by atoms with van der Waals surface area (Å²) in [5.74, 6) is 0.0697. The number of H-pyrrole nitrogens is 1. The van der Waals surface area contributed by atoms with Crippen LogP contribution in [0.3, 0.4) is 0 Å². The minimum atomic E-state index is -0.366. The van der Waals surface area contributed by atoms with Gasteiger partial charge in [0.15, 0.2) is 11.6 Å². The van der Waals surface area contributed by atoms with Gasteiger partial charge in [-0.25, -0.2) is 4.39 Å². The van der Waals surface area contributed by atoms with Crippen LogP contribution in [-0.4, -0.2) is 45.7 Å². The highest BCUT2D eigenvalue weighted by atomic mass is 19.1. The Kier molecular flexibility index (Phi) is 5.54. The first-order valence-corrected chi connectivity index (χ1v) is 10.7. The number of amides is 1. The molecule has 1 saturated heterocycles. The Labute approximate surface area is 185 Å². The summed E-state index contributed by atoms with van der Waals surface area (Å²) in [6, 6.07) is 17.9. The van der Waals surface area contributed by atoms with Crippen LogP contribution in [0.2, 0.25) is 0 Å². The number of hydrogen-bond donors (Lipinski definition) is 1. The minimum absolute atomic E-state index is 0.00541. The third-order valence-corrected chi connectivity index (χ3v) is 5.87. The Morgan fingerprint density at radius 1 is 1.16 bits per heavy atom. The highest BCUT2D eigenvalue weighted by molar-refractivity contribution is 6.05. The molecule has 0 saturated carbocycles. The molecule has 32 heavy (non-hydrogen) atoms. The fourth-order valence-corrected chi connectivity index (χ4v) is 4.18. The lowest BCUT2D eigenvalue weighted by atomic mass is 10.0. The van der Waals surface area contributed by atoms with Crippen molar-refractivity contribution < 1.29 is 13.9 Å². The Morgan fingerprint density at radius 3 is 2.94 bits per heavy atom. The van der Waals surface area contributed by atoms with E-state index in [-0.39, 0.29) is 23.4 Å². The summed E-state index contributed by atoms with van der Waals surface area (Å²) in [5, 5.41) is 8.46. The molecule has 0 radical (unpaired) electrons. The van der Waals surface area contributed by atoms with E-state index in [1.165, 1.54) is 6.07 Å². The van der Waals surface area contributed by atoms with Crippen LogP contribution in [0.1, 0.15) is 34.1 Å². The van der Waals surface area contributed by atoms with E-state index >= 15 is 0 Å². The van der Waals surface area contributed by atoms with Gasteiger partial charge in [0.1, 0.15) is 0 Å². The van der Waals surface area contributed by atoms with E-state index in [1.54, 1.807) is 24.4 Å². The fourth-order valence-electron chi connectivity index (χ4n) is 4.18. The lowest BCUT2D eigenvalue weighted by molar-refractivity contribution is 0.0792.